The van der Waals surface area contributed by atoms with Crippen LogP contribution in [0.5, 0.6) is 0 Å². The molecule has 0 rings (SSSR count). The van der Waals surface area contributed by atoms with Gasteiger partial charge in [-0.2, -0.15) is 0 Å². The topological polar surface area (TPSA) is 63.6 Å². The largest absolute Gasteiger partial charge is 0.481 e. The second-order valence-electron chi connectivity index (χ2n) is 7.66. The average Bonchev–Trinajstić information content (AvgIpc) is 2.61. The average molecular weight is 371 g/mol. The summed E-state index contributed by atoms with van der Waals surface area (Å²) in [4.78, 5) is 22.6. The molecular formula is C22H42O4. The molecule has 0 fully saturated rings. The maximum Gasteiger partial charge on any atom is 0.306 e. The third kappa shape index (κ3) is 15.2. The fraction of sp³-hybridized carbons (Fsp3) is 0.909. The van der Waals surface area contributed by atoms with Crippen molar-refractivity contribution in [1.82, 2.24) is 0 Å². The molecule has 0 aromatic heterocycles. The fourth-order valence-corrected chi connectivity index (χ4v) is 3.25. The van der Waals surface area contributed by atoms with E-state index in [2.05, 4.69) is 20.8 Å². The molecule has 0 spiro atoms. The van der Waals surface area contributed by atoms with E-state index in [0.717, 1.165) is 25.7 Å². The van der Waals surface area contributed by atoms with Gasteiger partial charge in [-0.1, -0.05) is 72.1 Å². The van der Waals surface area contributed by atoms with Crippen molar-refractivity contribution >= 4 is 11.9 Å². The number of carbonyl (C=O) groups is 2. The molecule has 4 heteroatoms. The van der Waals surface area contributed by atoms with Gasteiger partial charge in [-0.05, 0) is 38.0 Å². The number of rotatable bonds is 18. The number of carbonyl (C=O) groups excluding carboxylic acids is 1. The fourth-order valence-electron chi connectivity index (χ4n) is 3.25. The van der Waals surface area contributed by atoms with Gasteiger partial charge in [-0.3, -0.25) is 9.59 Å². The van der Waals surface area contributed by atoms with E-state index in [0.29, 0.717) is 25.2 Å². The van der Waals surface area contributed by atoms with E-state index in [1.807, 2.05) is 0 Å². The Labute approximate surface area is 161 Å². The monoisotopic (exact) mass is 370 g/mol. The molecule has 0 aliphatic rings. The highest BCUT2D eigenvalue weighted by molar-refractivity contribution is 5.70. The molecule has 0 aromatic carbocycles. The van der Waals surface area contributed by atoms with Crippen LogP contribution in [0.1, 0.15) is 117 Å². The van der Waals surface area contributed by atoms with Crippen LogP contribution in [0.3, 0.4) is 0 Å². The Hall–Kier alpha value is -1.06. The van der Waals surface area contributed by atoms with Gasteiger partial charge >= 0.3 is 11.9 Å². The minimum Gasteiger partial charge on any atom is -0.481 e. The summed E-state index contributed by atoms with van der Waals surface area (Å²) >= 11 is 0. The highest BCUT2D eigenvalue weighted by atomic mass is 16.5. The second kappa shape index (κ2) is 17.4. The standard InChI is InChI=1S/C22H42O4/c1-4-6-8-9-10-11-12-16-20(19(3)15-7-5-2)26-22(25)18-14-13-17-21(23)24/h19-20H,4-18H2,1-3H3,(H,23,24). The summed E-state index contributed by atoms with van der Waals surface area (Å²) in [5, 5.41) is 8.65. The summed E-state index contributed by atoms with van der Waals surface area (Å²) in [6.45, 7) is 6.62. The third-order valence-corrected chi connectivity index (χ3v) is 5.04. The normalized spacial score (nSPS) is 13.3. The van der Waals surface area contributed by atoms with Crippen LogP contribution in [0, 0.1) is 5.92 Å². The summed E-state index contributed by atoms with van der Waals surface area (Å²) in [6, 6.07) is 0. The first kappa shape index (κ1) is 24.9. The van der Waals surface area contributed by atoms with Crippen LogP contribution >= 0.6 is 0 Å². The Bertz CT molecular complexity index is 354. The smallest absolute Gasteiger partial charge is 0.306 e. The summed E-state index contributed by atoms with van der Waals surface area (Å²) in [7, 11) is 0. The molecular weight excluding hydrogens is 328 g/mol. The van der Waals surface area contributed by atoms with Crippen LogP contribution in [0.2, 0.25) is 0 Å². The van der Waals surface area contributed by atoms with Crippen molar-refractivity contribution in [1.29, 1.82) is 0 Å². The van der Waals surface area contributed by atoms with Gasteiger partial charge in [-0.15, -0.1) is 0 Å². The number of carboxylic acids is 1. The molecule has 0 saturated heterocycles. The zero-order valence-electron chi connectivity index (χ0n) is 17.4. The van der Waals surface area contributed by atoms with Gasteiger partial charge in [0.1, 0.15) is 6.10 Å². The van der Waals surface area contributed by atoms with E-state index in [1.165, 1.54) is 44.9 Å². The molecule has 0 bridgehead atoms. The minimum absolute atomic E-state index is 0.0177. The molecule has 4 nitrogen and oxygen atoms in total. The van der Waals surface area contributed by atoms with Crippen molar-refractivity contribution in [2.45, 2.75) is 123 Å². The van der Waals surface area contributed by atoms with Crippen molar-refractivity contribution < 1.29 is 19.4 Å². The molecule has 26 heavy (non-hydrogen) atoms. The van der Waals surface area contributed by atoms with Gasteiger partial charge < -0.3 is 9.84 Å². The van der Waals surface area contributed by atoms with Crippen LogP contribution in [0.25, 0.3) is 0 Å². The molecule has 2 atom stereocenters. The molecule has 2 unspecified atom stereocenters. The zero-order chi connectivity index (χ0) is 19.6. The predicted molar refractivity (Wildman–Crippen MR) is 107 cm³/mol. The number of hydrogen-bond acceptors (Lipinski definition) is 3. The number of aliphatic carboxylic acids is 1. The Morgan fingerprint density at radius 3 is 1.96 bits per heavy atom. The molecule has 0 aromatic rings. The van der Waals surface area contributed by atoms with Crippen LogP contribution in [-0.4, -0.2) is 23.1 Å². The van der Waals surface area contributed by atoms with Crippen molar-refractivity contribution in [2.75, 3.05) is 0 Å². The molecule has 0 aliphatic heterocycles. The van der Waals surface area contributed by atoms with Crippen molar-refractivity contribution in [3.8, 4) is 0 Å². The molecule has 1 N–H and O–H groups in total. The first-order chi connectivity index (χ1) is 12.5. The Morgan fingerprint density at radius 2 is 1.35 bits per heavy atom. The Kier molecular flexibility index (Phi) is 16.7. The Morgan fingerprint density at radius 1 is 0.769 bits per heavy atom. The summed E-state index contributed by atoms with van der Waals surface area (Å²) in [5.74, 6) is -0.562. The summed E-state index contributed by atoms with van der Waals surface area (Å²) in [5.41, 5.74) is 0. The van der Waals surface area contributed by atoms with Gasteiger partial charge in [-0.25, -0.2) is 0 Å². The van der Waals surface area contributed by atoms with E-state index >= 15 is 0 Å². The van der Waals surface area contributed by atoms with Gasteiger partial charge in [0.25, 0.3) is 0 Å². The maximum absolute atomic E-state index is 12.1. The van der Waals surface area contributed by atoms with Crippen LogP contribution in [0.4, 0.5) is 0 Å². The van der Waals surface area contributed by atoms with E-state index in [1.54, 1.807) is 0 Å². The first-order valence-electron chi connectivity index (χ1n) is 10.9. The lowest BCUT2D eigenvalue weighted by molar-refractivity contribution is -0.152. The van der Waals surface area contributed by atoms with Gasteiger partial charge in [0.2, 0.25) is 0 Å². The van der Waals surface area contributed by atoms with Crippen LogP contribution in [0.15, 0.2) is 0 Å². The lowest BCUT2D eigenvalue weighted by Crippen LogP contribution is -2.25. The van der Waals surface area contributed by atoms with Gasteiger partial charge in [0.15, 0.2) is 0 Å². The van der Waals surface area contributed by atoms with Crippen LogP contribution in [-0.2, 0) is 14.3 Å². The molecule has 0 saturated carbocycles. The van der Waals surface area contributed by atoms with E-state index < -0.39 is 5.97 Å². The summed E-state index contributed by atoms with van der Waals surface area (Å²) in [6.07, 6.45) is 14.9. The van der Waals surface area contributed by atoms with E-state index in [-0.39, 0.29) is 18.5 Å². The minimum atomic E-state index is -0.802. The number of carboxylic acid groups (broad SMARTS) is 1. The van der Waals surface area contributed by atoms with Crippen molar-refractivity contribution in [3.63, 3.8) is 0 Å². The van der Waals surface area contributed by atoms with E-state index in [4.69, 9.17) is 9.84 Å². The molecule has 0 heterocycles. The lowest BCUT2D eigenvalue weighted by atomic mass is 9.93. The quantitative estimate of drug-likeness (QED) is 0.221. The van der Waals surface area contributed by atoms with Crippen molar-refractivity contribution in [2.24, 2.45) is 5.92 Å². The molecule has 0 radical (unpaired) electrons. The zero-order valence-corrected chi connectivity index (χ0v) is 17.4. The van der Waals surface area contributed by atoms with Gasteiger partial charge in [0.05, 0.1) is 0 Å². The highest BCUT2D eigenvalue weighted by Gasteiger charge is 2.21. The second-order valence-corrected chi connectivity index (χ2v) is 7.66. The maximum atomic E-state index is 12.1. The van der Waals surface area contributed by atoms with Crippen molar-refractivity contribution in [3.05, 3.63) is 0 Å². The predicted octanol–water partition coefficient (Wildman–Crippen LogP) is 6.51. The Balaban J connectivity index is 4.16. The van der Waals surface area contributed by atoms with Gasteiger partial charge in [0, 0.05) is 12.8 Å². The van der Waals surface area contributed by atoms with E-state index in [9.17, 15) is 9.59 Å². The summed E-state index contributed by atoms with van der Waals surface area (Å²) < 4.78 is 5.78. The lowest BCUT2D eigenvalue weighted by Gasteiger charge is -2.24. The number of unbranched alkanes of at least 4 members (excludes halogenated alkanes) is 8. The van der Waals surface area contributed by atoms with Crippen LogP contribution < -0.4 is 0 Å². The number of ether oxygens (including phenoxy) is 1. The first-order valence-corrected chi connectivity index (χ1v) is 10.9. The molecule has 154 valence electrons. The SMILES string of the molecule is CCCCCCCCCC(OC(=O)CCCCC(=O)O)C(C)CCCC. The number of esters is 1. The highest BCUT2D eigenvalue weighted by Crippen LogP contribution is 2.22. The molecule has 0 aliphatic carbocycles. The third-order valence-electron chi connectivity index (χ3n) is 5.04. The molecule has 0 amide bonds. The number of hydrogen-bond donors (Lipinski definition) is 1.